The molecule has 0 aliphatic heterocycles. The van der Waals surface area contributed by atoms with Gasteiger partial charge < -0.3 is 5.73 Å². The molecule has 0 radical (unpaired) electrons. The van der Waals surface area contributed by atoms with Crippen molar-refractivity contribution in [3.05, 3.63) is 12.2 Å². The first kappa shape index (κ1) is 14.2. The van der Waals surface area contributed by atoms with Crippen molar-refractivity contribution in [2.75, 3.05) is 0 Å². The lowest BCUT2D eigenvalue weighted by molar-refractivity contribution is -0.122. The highest BCUT2D eigenvalue weighted by atomic mass is 16.1. The fourth-order valence-electron chi connectivity index (χ4n) is 1.47. The highest BCUT2D eigenvalue weighted by Crippen LogP contribution is 2.16. The molecule has 15 heavy (non-hydrogen) atoms. The van der Waals surface area contributed by atoms with Crippen molar-refractivity contribution in [3.63, 3.8) is 0 Å². The molecule has 0 spiro atoms. The molecule has 2 nitrogen and oxygen atoms in total. The molecule has 1 atom stereocenters. The summed E-state index contributed by atoms with van der Waals surface area (Å²) in [6.07, 6.45) is 8.29. The van der Waals surface area contributed by atoms with Gasteiger partial charge in [0.05, 0.1) is 0 Å². The van der Waals surface area contributed by atoms with Crippen molar-refractivity contribution in [2.24, 2.45) is 17.1 Å². The van der Waals surface area contributed by atoms with Gasteiger partial charge in [0, 0.05) is 5.92 Å². The van der Waals surface area contributed by atoms with Crippen LogP contribution in [0.2, 0.25) is 0 Å². The molecule has 0 heterocycles. The molecule has 0 aromatic rings. The van der Waals surface area contributed by atoms with Gasteiger partial charge in [0.2, 0.25) is 5.91 Å². The van der Waals surface area contributed by atoms with Crippen molar-refractivity contribution in [2.45, 2.75) is 53.4 Å². The van der Waals surface area contributed by atoms with Crippen molar-refractivity contribution in [1.29, 1.82) is 0 Å². The Morgan fingerprint density at radius 3 is 2.40 bits per heavy atom. The Kier molecular flexibility index (Phi) is 6.30. The molecular weight excluding hydrogens is 186 g/mol. The summed E-state index contributed by atoms with van der Waals surface area (Å²) in [5.41, 5.74) is 5.53. The molecule has 2 heteroatoms. The average Bonchev–Trinajstić information content (AvgIpc) is 2.08. The van der Waals surface area contributed by atoms with Gasteiger partial charge in [-0.2, -0.15) is 0 Å². The van der Waals surface area contributed by atoms with E-state index in [2.05, 4.69) is 32.9 Å². The van der Waals surface area contributed by atoms with Gasteiger partial charge in [-0.15, -0.1) is 0 Å². The van der Waals surface area contributed by atoms with Gasteiger partial charge in [-0.1, -0.05) is 39.8 Å². The van der Waals surface area contributed by atoms with Gasteiger partial charge >= 0.3 is 0 Å². The Labute approximate surface area is 93.9 Å². The Morgan fingerprint density at radius 2 is 2.00 bits per heavy atom. The smallest absolute Gasteiger partial charge is 0.220 e. The number of carbonyl (C=O) groups excluding carboxylic acids is 1. The molecule has 0 fully saturated rings. The molecule has 0 aliphatic rings. The minimum absolute atomic E-state index is 0.0630. The number of unbranched alkanes of at least 4 members (excludes halogenated alkanes) is 1. The summed E-state index contributed by atoms with van der Waals surface area (Å²) in [5, 5.41) is 0. The van der Waals surface area contributed by atoms with Crippen molar-refractivity contribution in [3.8, 4) is 0 Å². The lowest BCUT2D eigenvalue weighted by atomic mass is 9.94. The summed E-state index contributed by atoms with van der Waals surface area (Å²) < 4.78 is 0. The number of primary amides is 1. The summed E-state index contributed by atoms with van der Waals surface area (Å²) in [5.74, 6) is -0.0923. The number of carbonyl (C=O) groups is 1. The quantitative estimate of drug-likeness (QED) is 0.532. The van der Waals surface area contributed by atoms with E-state index in [0.717, 1.165) is 25.7 Å². The van der Waals surface area contributed by atoms with Gasteiger partial charge in [-0.05, 0) is 31.1 Å². The van der Waals surface area contributed by atoms with Gasteiger partial charge in [0.25, 0.3) is 0 Å². The van der Waals surface area contributed by atoms with Crippen LogP contribution in [-0.4, -0.2) is 5.91 Å². The zero-order chi connectivity index (χ0) is 11.9. The first-order valence-electron chi connectivity index (χ1n) is 5.84. The second-order valence-corrected chi connectivity index (χ2v) is 5.21. The summed E-state index contributed by atoms with van der Waals surface area (Å²) in [7, 11) is 0. The lowest BCUT2D eigenvalue weighted by Crippen LogP contribution is -2.22. The monoisotopic (exact) mass is 211 g/mol. The average molecular weight is 211 g/mol. The zero-order valence-corrected chi connectivity index (χ0v) is 10.5. The van der Waals surface area contributed by atoms with Crippen LogP contribution in [0.25, 0.3) is 0 Å². The van der Waals surface area contributed by atoms with Gasteiger partial charge in [-0.25, -0.2) is 0 Å². The molecule has 0 aromatic carbocycles. The van der Waals surface area contributed by atoms with Crippen molar-refractivity contribution < 1.29 is 4.79 Å². The predicted molar refractivity (Wildman–Crippen MR) is 65.4 cm³/mol. The van der Waals surface area contributed by atoms with Crippen LogP contribution in [0.1, 0.15) is 53.4 Å². The molecule has 2 N–H and O–H groups in total. The van der Waals surface area contributed by atoms with Gasteiger partial charge in [0.15, 0.2) is 0 Å². The van der Waals surface area contributed by atoms with E-state index in [-0.39, 0.29) is 17.2 Å². The molecule has 0 saturated heterocycles. The number of hydrogen-bond acceptors (Lipinski definition) is 1. The third kappa shape index (κ3) is 8.22. The molecule has 88 valence electrons. The minimum atomic E-state index is -0.155. The number of allylic oxidation sites excluding steroid dienone is 2. The molecular formula is C13H25NO. The Hall–Kier alpha value is -0.790. The van der Waals surface area contributed by atoms with E-state index >= 15 is 0 Å². The maximum absolute atomic E-state index is 11.0. The van der Waals surface area contributed by atoms with Crippen LogP contribution < -0.4 is 5.73 Å². The fraction of sp³-hybridized carbons (Fsp3) is 0.769. The largest absolute Gasteiger partial charge is 0.369 e. The van der Waals surface area contributed by atoms with Crippen LogP contribution in [0, 0.1) is 11.3 Å². The van der Waals surface area contributed by atoms with E-state index < -0.39 is 0 Å². The maximum atomic E-state index is 11.0. The highest BCUT2D eigenvalue weighted by Gasteiger charge is 2.11. The molecule has 0 bridgehead atoms. The Morgan fingerprint density at radius 1 is 1.40 bits per heavy atom. The summed E-state index contributed by atoms with van der Waals surface area (Å²) in [6, 6.07) is 0. The first-order chi connectivity index (χ1) is 6.87. The number of hydrogen-bond donors (Lipinski definition) is 1. The van der Waals surface area contributed by atoms with E-state index in [4.69, 9.17) is 5.73 Å². The minimum Gasteiger partial charge on any atom is -0.369 e. The van der Waals surface area contributed by atoms with E-state index in [1.807, 2.05) is 6.92 Å². The van der Waals surface area contributed by atoms with Crippen molar-refractivity contribution in [1.82, 2.24) is 0 Å². The number of rotatable bonds is 6. The van der Waals surface area contributed by atoms with Crippen LogP contribution in [-0.2, 0) is 4.79 Å². The SMILES string of the molecule is CC[C@H](CCC/C=C\C(C)(C)C)C(N)=O. The zero-order valence-electron chi connectivity index (χ0n) is 10.5. The van der Waals surface area contributed by atoms with Crippen molar-refractivity contribution >= 4 is 5.91 Å². The third-order valence-corrected chi connectivity index (χ3v) is 2.44. The normalized spacial score (nSPS) is 14.4. The van der Waals surface area contributed by atoms with E-state index in [9.17, 15) is 4.79 Å². The molecule has 0 aliphatic carbocycles. The first-order valence-corrected chi connectivity index (χ1v) is 5.84. The van der Waals surface area contributed by atoms with Gasteiger partial charge in [0.1, 0.15) is 0 Å². The maximum Gasteiger partial charge on any atom is 0.220 e. The lowest BCUT2D eigenvalue weighted by Gasteiger charge is -2.12. The summed E-state index contributed by atoms with van der Waals surface area (Å²) in [6.45, 7) is 8.56. The fourth-order valence-corrected chi connectivity index (χ4v) is 1.47. The standard InChI is InChI=1S/C13H25NO/c1-5-11(12(14)15)9-7-6-8-10-13(2,3)4/h8,10-11H,5-7,9H2,1-4H3,(H2,14,15)/b10-8-/t11-/m1/s1. The van der Waals surface area contributed by atoms with Crippen LogP contribution in [0.3, 0.4) is 0 Å². The van der Waals surface area contributed by atoms with Crippen LogP contribution in [0.15, 0.2) is 12.2 Å². The molecule has 1 amide bonds. The van der Waals surface area contributed by atoms with E-state index in [1.54, 1.807) is 0 Å². The second kappa shape index (κ2) is 6.65. The molecule has 0 rings (SSSR count). The number of amides is 1. The predicted octanol–water partition coefficient (Wildman–Crippen LogP) is 3.27. The van der Waals surface area contributed by atoms with Gasteiger partial charge in [-0.3, -0.25) is 4.79 Å². The summed E-state index contributed by atoms with van der Waals surface area (Å²) >= 11 is 0. The number of nitrogens with two attached hydrogens (primary N) is 1. The second-order valence-electron chi connectivity index (χ2n) is 5.21. The van der Waals surface area contributed by atoms with Crippen LogP contribution >= 0.6 is 0 Å². The van der Waals surface area contributed by atoms with Crippen LogP contribution in [0.4, 0.5) is 0 Å². The third-order valence-electron chi connectivity index (χ3n) is 2.44. The molecule has 0 aromatic heterocycles. The van der Waals surface area contributed by atoms with Crippen LogP contribution in [0.5, 0.6) is 0 Å². The topological polar surface area (TPSA) is 43.1 Å². The molecule has 0 saturated carbocycles. The Balaban J connectivity index is 3.71. The summed E-state index contributed by atoms with van der Waals surface area (Å²) in [4.78, 5) is 11.0. The molecule has 0 unspecified atom stereocenters. The van der Waals surface area contributed by atoms with E-state index in [0.29, 0.717) is 0 Å². The van der Waals surface area contributed by atoms with E-state index in [1.165, 1.54) is 0 Å². The highest BCUT2D eigenvalue weighted by molar-refractivity contribution is 5.76. The Bertz CT molecular complexity index is 213.